The topological polar surface area (TPSA) is 12.5 Å². The first-order chi connectivity index (χ1) is 5.72. The summed E-state index contributed by atoms with van der Waals surface area (Å²) in [5.74, 6) is 0. The molecule has 0 saturated heterocycles. The average molecular weight is 171 g/mol. The zero-order chi connectivity index (χ0) is 9.40. The van der Waals surface area contributed by atoms with Gasteiger partial charge in [-0.15, -0.1) is 0 Å². The fourth-order valence-corrected chi connectivity index (χ4v) is 0.964. The first-order valence-corrected chi connectivity index (χ1v) is 4.69. The van der Waals surface area contributed by atoms with E-state index >= 15 is 0 Å². The highest BCUT2D eigenvalue weighted by atomic mass is 16.5. The van der Waals surface area contributed by atoms with Crippen LogP contribution in [0.15, 0.2) is 12.3 Å². The van der Waals surface area contributed by atoms with Crippen LogP contribution in [0, 0.1) is 0 Å². The second kappa shape index (κ2) is 7.17. The van der Waals surface area contributed by atoms with Crippen LogP contribution in [0.25, 0.3) is 0 Å². The van der Waals surface area contributed by atoms with E-state index < -0.39 is 0 Å². The Morgan fingerprint density at radius 3 is 2.42 bits per heavy atom. The Hall–Kier alpha value is -0.500. The standard InChI is InChI=1S/C10H21NO/c1-5-7-8-9-12-10(6-2)11(3)4/h8-10H,5-7H2,1-4H3. The van der Waals surface area contributed by atoms with Crippen LogP contribution in [0.1, 0.15) is 33.1 Å². The molecule has 0 aliphatic rings. The molecule has 0 saturated carbocycles. The molecule has 0 heterocycles. The van der Waals surface area contributed by atoms with Crippen molar-refractivity contribution in [2.24, 2.45) is 0 Å². The van der Waals surface area contributed by atoms with E-state index in [0.29, 0.717) is 0 Å². The molecule has 0 radical (unpaired) electrons. The van der Waals surface area contributed by atoms with Crippen LogP contribution in [-0.4, -0.2) is 25.2 Å². The highest BCUT2D eigenvalue weighted by Crippen LogP contribution is 2.01. The van der Waals surface area contributed by atoms with E-state index in [1.54, 1.807) is 0 Å². The molecule has 1 unspecified atom stereocenters. The molecule has 2 heteroatoms. The van der Waals surface area contributed by atoms with Gasteiger partial charge in [-0.1, -0.05) is 20.3 Å². The van der Waals surface area contributed by atoms with E-state index in [1.165, 1.54) is 6.42 Å². The summed E-state index contributed by atoms with van der Waals surface area (Å²) in [5.41, 5.74) is 0. The fourth-order valence-electron chi connectivity index (χ4n) is 0.964. The largest absolute Gasteiger partial charge is 0.483 e. The van der Waals surface area contributed by atoms with Crippen LogP contribution in [-0.2, 0) is 4.74 Å². The summed E-state index contributed by atoms with van der Waals surface area (Å²) in [6.45, 7) is 4.28. The van der Waals surface area contributed by atoms with Crippen molar-refractivity contribution in [3.8, 4) is 0 Å². The smallest absolute Gasteiger partial charge is 0.150 e. The van der Waals surface area contributed by atoms with Gasteiger partial charge in [-0.2, -0.15) is 0 Å². The van der Waals surface area contributed by atoms with Crippen molar-refractivity contribution in [3.63, 3.8) is 0 Å². The maximum absolute atomic E-state index is 5.50. The Kier molecular flexibility index (Phi) is 6.87. The minimum Gasteiger partial charge on any atom is -0.483 e. The van der Waals surface area contributed by atoms with E-state index in [1.807, 2.05) is 20.4 Å². The Bertz CT molecular complexity index is 121. The lowest BCUT2D eigenvalue weighted by molar-refractivity contribution is 0.0215. The third kappa shape index (κ3) is 5.19. The Labute approximate surface area is 76.2 Å². The van der Waals surface area contributed by atoms with Gasteiger partial charge in [0.2, 0.25) is 0 Å². The van der Waals surface area contributed by atoms with Gasteiger partial charge in [-0.05, 0) is 33.0 Å². The summed E-state index contributed by atoms with van der Waals surface area (Å²) >= 11 is 0. The molecular formula is C10H21NO. The van der Waals surface area contributed by atoms with Gasteiger partial charge in [0, 0.05) is 0 Å². The van der Waals surface area contributed by atoms with Crippen LogP contribution in [0.2, 0.25) is 0 Å². The lowest BCUT2D eigenvalue weighted by Gasteiger charge is -2.21. The van der Waals surface area contributed by atoms with E-state index in [9.17, 15) is 0 Å². The molecule has 1 atom stereocenters. The lowest BCUT2D eigenvalue weighted by Crippen LogP contribution is -2.28. The van der Waals surface area contributed by atoms with E-state index in [0.717, 1.165) is 12.8 Å². The normalized spacial score (nSPS) is 14.1. The zero-order valence-electron chi connectivity index (χ0n) is 8.71. The molecule has 0 amide bonds. The maximum atomic E-state index is 5.50. The van der Waals surface area contributed by atoms with Gasteiger partial charge in [-0.25, -0.2) is 0 Å². The monoisotopic (exact) mass is 171 g/mol. The molecule has 0 aliphatic carbocycles. The van der Waals surface area contributed by atoms with Gasteiger partial charge >= 0.3 is 0 Å². The second-order valence-electron chi connectivity index (χ2n) is 3.12. The summed E-state index contributed by atoms with van der Waals surface area (Å²) in [7, 11) is 4.06. The van der Waals surface area contributed by atoms with Crippen LogP contribution >= 0.6 is 0 Å². The molecule has 0 N–H and O–H groups in total. The average Bonchev–Trinajstić information content (AvgIpc) is 2.04. The van der Waals surface area contributed by atoms with Crippen LogP contribution < -0.4 is 0 Å². The molecule has 0 spiro atoms. The van der Waals surface area contributed by atoms with Crippen molar-refractivity contribution in [1.82, 2.24) is 4.90 Å². The lowest BCUT2D eigenvalue weighted by atomic mass is 10.3. The SMILES string of the molecule is CCCC=COC(CC)N(C)C. The molecule has 72 valence electrons. The fraction of sp³-hybridized carbons (Fsp3) is 0.800. The Balaban J connectivity index is 3.57. The number of nitrogens with zero attached hydrogens (tertiary/aromatic N) is 1. The molecular weight excluding hydrogens is 150 g/mol. The molecule has 0 aromatic carbocycles. The molecule has 0 fully saturated rings. The number of rotatable bonds is 6. The third-order valence-corrected chi connectivity index (χ3v) is 1.71. The maximum Gasteiger partial charge on any atom is 0.150 e. The van der Waals surface area contributed by atoms with Gasteiger partial charge in [-0.3, -0.25) is 4.90 Å². The highest BCUT2D eigenvalue weighted by Gasteiger charge is 2.05. The summed E-state index contributed by atoms with van der Waals surface area (Å²) < 4.78 is 5.50. The number of allylic oxidation sites excluding steroid dienone is 1. The van der Waals surface area contributed by atoms with E-state index in [4.69, 9.17) is 4.74 Å². The summed E-state index contributed by atoms with van der Waals surface area (Å²) in [6.07, 6.45) is 7.41. The minimum absolute atomic E-state index is 0.220. The van der Waals surface area contributed by atoms with Gasteiger partial charge in [0.1, 0.15) is 0 Å². The van der Waals surface area contributed by atoms with Gasteiger partial charge in [0.15, 0.2) is 6.23 Å². The predicted octanol–water partition coefficient (Wildman–Crippen LogP) is 2.61. The predicted molar refractivity (Wildman–Crippen MR) is 52.9 cm³/mol. The molecule has 0 rings (SSSR count). The second-order valence-corrected chi connectivity index (χ2v) is 3.12. The van der Waals surface area contributed by atoms with Crippen molar-refractivity contribution < 1.29 is 4.74 Å². The summed E-state index contributed by atoms with van der Waals surface area (Å²) in [5, 5.41) is 0. The quantitative estimate of drug-likeness (QED) is 0.450. The van der Waals surface area contributed by atoms with Gasteiger partial charge in [0.05, 0.1) is 6.26 Å². The Morgan fingerprint density at radius 2 is 2.00 bits per heavy atom. The molecule has 0 bridgehead atoms. The minimum atomic E-state index is 0.220. The van der Waals surface area contributed by atoms with Crippen molar-refractivity contribution in [2.45, 2.75) is 39.3 Å². The van der Waals surface area contributed by atoms with Crippen molar-refractivity contribution in [3.05, 3.63) is 12.3 Å². The molecule has 12 heavy (non-hydrogen) atoms. The number of hydrogen-bond acceptors (Lipinski definition) is 2. The van der Waals surface area contributed by atoms with Crippen LogP contribution in [0.4, 0.5) is 0 Å². The third-order valence-electron chi connectivity index (χ3n) is 1.71. The molecule has 0 aromatic heterocycles. The zero-order valence-corrected chi connectivity index (χ0v) is 8.71. The Morgan fingerprint density at radius 1 is 1.33 bits per heavy atom. The van der Waals surface area contributed by atoms with Crippen LogP contribution in [0.3, 0.4) is 0 Å². The first-order valence-electron chi connectivity index (χ1n) is 4.69. The van der Waals surface area contributed by atoms with Crippen molar-refractivity contribution >= 4 is 0 Å². The van der Waals surface area contributed by atoms with Crippen molar-refractivity contribution in [1.29, 1.82) is 0 Å². The first kappa shape index (κ1) is 11.5. The van der Waals surface area contributed by atoms with Crippen molar-refractivity contribution in [2.75, 3.05) is 14.1 Å². The molecule has 2 nitrogen and oxygen atoms in total. The molecule has 0 aliphatic heterocycles. The highest BCUT2D eigenvalue weighted by molar-refractivity contribution is 4.73. The summed E-state index contributed by atoms with van der Waals surface area (Å²) in [6, 6.07) is 0. The number of hydrogen-bond donors (Lipinski definition) is 0. The van der Waals surface area contributed by atoms with E-state index in [2.05, 4.69) is 24.8 Å². The summed E-state index contributed by atoms with van der Waals surface area (Å²) in [4.78, 5) is 2.08. The van der Waals surface area contributed by atoms with Gasteiger partial charge < -0.3 is 4.74 Å². The molecule has 0 aromatic rings. The van der Waals surface area contributed by atoms with Gasteiger partial charge in [0.25, 0.3) is 0 Å². The van der Waals surface area contributed by atoms with E-state index in [-0.39, 0.29) is 6.23 Å². The van der Waals surface area contributed by atoms with Crippen LogP contribution in [0.5, 0.6) is 0 Å². The number of ether oxygens (including phenoxy) is 1. The number of unbranched alkanes of at least 4 members (excludes halogenated alkanes) is 1.